The first-order valence-corrected chi connectivity index (χ1v) is 11.5. The maximum atomic E-state index is 12.3. The van der Waals surface area contributed by atoms with Gasteiger partial charge in [0.05, 0.1) is 5.75 Å². The number of aliphatic imine (C=N–C) groups is 1. The summed E-state index contributed by atoms with van der Waals surface area (Å²) in [5.41, 5.74) is 2.98. The van der Waals surface area contributed by atoms with Gasteiger partial charge in [0, 0.05) is 26.2 Å². The highest BCUT2D eigenvalue weighted by Gasteiger charge is 2.15. The van der Waals surface area contributed by atoms with Crippen LogP contribution in [-0.2, 0) is 22.3 Å². The van der Waals surface area contributed by atoms with Crippen molar-refractivity contribution in [3.63, 3.8) is 0 Å². The smallest absolute Gasteiger partial charge is 0.216 e. The summed E-state index contributed by atoms with van der Waals surface area (Å²) in [7, 11) is -1.65. The molecular weight excluding hydrogens is 511 g/mol. The Hall–Kier alpha value is -1.65. The first-order valence-electron chi connectivity index (χ1n) is 9.87. The summed E-state index contributed by atoms with van der Waals surface area (Å²) in [6.45, 7) is 7.04. The van der Waals surface area contributed by atoms with Crippen LogP contribution >= 0.6 is 24.0 Å². The molecule has 0 aliphatic heterocycles. The molecule has 30 heavy (non-hydrogen) atoms. The van der Waals surface area contributed by atoms with Crippen LogP contribution in [0.4, 0.5) is 0 Å². The van der Waals surface area contributed by atoms with Crippen LogP contribution in [0, 0.1) is 0 Å². The minimum Gasteiger partial charge on any atom is -0.356 e. The van der Waals surface area contributed by atoms with Gasteiger partial charge in [-0.15, -0.1) is 24.0 Å². The third-order valence-electron chi connectivity index (χ3n) is 4.49. The molecule has 1 atom stereocenters. The van der Waals surface area contributed by atoms with Crippen molar-refractivity contribution in [2.45, 2.75) is 45.0 Å². The molecule has 0 fully saturated rings. The number of rotatable bonds is 9. The third kappa shape index (κ3) is 9.01. The molecule has 0 saturated heterocycles. The molecule has 2 aromatic carbocycles. The van der Waals surface area contributed by atoms with Crippen molar-refractivity contribution in [3.05, 3.63) is 71.3 Å². The highest BCUT2D eigenvalue weighted by molar-refractivity contribution is 14.0. The predicted molar refractivity (Wildman–Crippen MR) is 136 cm³/mol. The molecule has 0 radical (unpaired) electrons. The fraction of sp³-hybridized carbons (Fsp3) is 0.409. The van der Waals surface area contributed by atoms with Gasteiger partial charge in [0.25, 0.3) is 0 Å². The monoisotopic (exact) mass is 544 g/mol. The number of hydrogen-bond donors (Lipinski definition) is 3. The molecule has 0 saturated carbocycles. The Labute approximate surface area is 198 Å². The minimum absolute atomic E-state index is 0. The predicted octanol–water partition coefficient (Wildman–Crippen LogP) is 3.60. The molecule has 0 aromatic heterocycles. The summed E-state index contributed by atoms with van der Waals surface area (Å²) in [5.74, 6) is 0.986. The normalized spacial score (nSPS) is 12.9. The molecule has 3 N–H and O–H groups in total. The van der Waals surface area contributed by atoms with E-state index < -0.39 is 10.0 Å². The Morgan fingerprint density at radius 2 is 1.53 bits per heavy atom. The van der Waals surface area contributed by atoms with E-state index in [9.17, 15) is 8.42 Å². The maximum absolute atomic E-state index is 12.3. The number of nitrogens with zero attached hydrogens (tertiary/aromatic N) is 1. The van der Waals surface area contributed by atoms with E-state index in [-0.39, 0.29) is 35.8 Å². The van der Waals surface area contributed by atoms with Crippen molar-refractivity contribution < 1.29 is 8.42 Å². The first-order chi connectivity index (χ1) is 13.8. The van der Waals surface area contributed by atoms with Crippen molar-refractivity contribution in [1.29, 1.82) is 0 Å². The van der Waals surface area contributed by atoms with Gasteiger partial charge in [0.15, 0.2) is 5.96 Å². The third-order valence-corrected chi connectivity index (χ3v) is 6.01. The summed E-state index contributed by atoms with van der Waals surface area (Å²) >= 11 is 0. The highest BCUT2D eigenvalue weighted by atomic mass is 127. The lowest BCUT2D eigenvalue weighted by Crippen LogP contribution is -2.39. The zero-order chi connectivity index (χ0) is 21.3. The topological polar surface area (TPSA) is 82.6 Å². The molecule has 0 amide bonds. The Kier molecular flexibility index (Phi) is 11.4. The minimum atomic E-state index is -3.38. The first kappa shape index (κ1) is 26.4. The van der Waals surface area contributed by atoms with Gasteiger partial charge in [-0.1, -0.05) is 61.5 Å². The van der Waals surface area contributed by atoms with Crippen LogP contribution < -0.4 is 15.4 Å². The molecule has 0 bridgehead atoms. The van der Waals surface area contributed by atoms with E-state index in [1.165, 1.54) is 5.56 Å². The van der Waals surface area contributed by atoms with Crippen LogP contribution in [0.1, 0.15) is 43.4 Å². The van der Waals surface area contributed by atoms with Gasteiger partial charge in [0.1, 0.15) is 0 Å². The summed E-state index contributed by atoms with van der Waals surface area (Å²) < 4.78 is 27.2. The number of hydrogen-bond acceptors (Lipinski definition) is 3. The van der Waals surface area contributed by atoms with Crippen LogP contribution in [0.3, 0.4) is 0 Å². The molecule has 8 heteroatoms. The summed E-state index contributed by atoms with van der Waals surface area (Å²) in [6, 6.07) is 17.8. The average molecular weight is 545 g/mol. The SMILES string of the molecule is CN=C(NCc1ccccc1CS(=O)(=O)NC(C)C)NCC(C)c1ccccc1.I. The van der Waals surface area contributed by atoms with Gasteiger partial charge in [0.2, 0.25) is 10.0 Å². The van der Waals surface area contributed by atoms with Crippen LogP contribution in [0.5, 0.6) is 0 Å². The molecule has 0 aliphatic carbocycles. The van der Waals surface area contributed by atoms with E-state index in [4.69, 9.17) is 0 Å². The highest BCUT2D eigenvalue weighted by Crippen LogP contribution is 2.14. The second-order valence-electron chi connectivity index (χ2n) is 7.42. The quantitative estimate of drug-likeness (QED) is 0.256. The van der Waals surface area contributed by atoms with E-state index >= 15 is 0 Å². The molecule has 6 nitrogen and oxygen atoms in total. The van der Waals surface area contributed by atoms with Gasteiger partial charge in [-0.05, 0) is 36.5 Å². The Balaban J connectivity index is 0.00000450. The van der Waals surface area contributed by atoms with Crippen molar-refractivity contribution in [3.8, 4) is 0 Å². The second kappa shape index (κ2) is 12.9. The molecule has 0 spiro atoms. The lowest BCUT2D eigenvalue weighted by atomic mass is 10.0. The number of nitrogens with one attached hydrogen (secondary N) is 3. The molecule has 0 aliphatic rings. The van der Waals surface area contributed by atoms with Crippen molar-refractivity contribution in [1.82, 2.24) is 15.4 Å². The van der Waals surface area contributed by atoms with E-state index in [1.54, 1.807) is 7.05 Å². The standard InChI is InChI=1S/C22H32N4O2S.HI/c1-17(2)26-29(27,28)16-21-13-9-8-12-20(21)15-25-22(23-4)24-14-18(3)19-10-6-5-7-11-19;/h5-13,17-18,26H,14-16H2,1-4H3,(H2,23,24,25);1H. The molecule has 166 valence electrons. The van der Waals surface area contributed by atoms with Gasteiger partial charge in [-0.25, -0.2) is 13.1 Å². The van der Waals surface area contributed by atoms with E-state index in [1.807, 2.05) is 56.3 Å². The molecule has 2 rings (SSSR count). The molecule has 2 aromatic rings. The second-order valence-corrected chi connectivity index (χ2v) is 9.17. The molecule has 1 unspecified atom stereocenters. The Morgan fingerprint density at radius 3 is 2.13 bits per heavy atom. The van der Waals surface area contributed by atoms with Crippen LogP contribution in [0.2, 0.25) is 0 Å². The van der Waals surface area contributed by atoms with Crippen LogP contribution in [0.15, 0.2) is 59.6 Å². The number of guanidine groups is 1. The van der Waals surface area contributed by atoms with Gasteiger partial charge >= 0.3 is 0 Å². The van der Waals surface area contributed by atoms with Gasteiger partial charge in [-0.2, -0.15) is 0 Å². The van der Waals surface area contributed by atoms with Crippen molar-refractivity contribution in [2.75, 3.05) is 13.6 Å². The molecule has 0 heterocycles. The van der Waals surface area contributed by atoms with E-state index in [0.29, 0.717) is 18.4 Å². The Bertz CT molecular complexity index is 902. The van der Waals surface area contributed by atoms with Crippen LogP contribution in [0.25, 0.3) is 0 Å². The summed E-state index contributed by atoms with van der Waals surface area (Å²) in [4.78, 5) is 4.28. The number of sulfonamides is 1. The summed E-state index contributed by atoms with van der Waals surface area (Å²) in [5, 5.41) is 6.62. The van der Waals surface area contributed by atoms with Crippen molar-refractivity contribution >= 4 is 40.0 Å². The zero-order valence-electron chi connectivity index (χ0n) is 18.1. The largest absolute Gasteiger partial charge is 0.356 e. The maximum Gasteiger partial charge on any atom is 0.216 e. The molecular formula is C22H33IN4O2S. The summed E-state index contributed by atoms with van der Waals surface area (Å²) in [6.07, 6.45) is 0. The van der Waals surface area contributed by atoms with E-state index in [0.717, 1.165) is 17.7 Å². The van der Waals surface area contributed by atoms with Crippen LogP contribution in [-0.4, -0.2) is 34.0 Å². The zero-order valence-corrected chi connectivity index (χ0v) is 21.2. The lowest BCUT2D eigenvalue weighted by molar-refractivity contribution is 0.568. The average Bonchev–Trinajstić information content (AvgIpc) is 2.68. The fourth-order valence-corrected chi connectivity index (χ4v) is 4.52. The fourth-order valence-electron chi connectivity index (χ4n) is 3.03. The van der Waals surface area contributed by atoms with Gasteiger partial charge < -0.3 is 10.6 Å². The van der Waals surface area contributed by atoms with Gasteiger partial charge in [-0.3, -0.25) is 4.99 Å². The lowest BCUT2D eigenvalue weighted by Gasteiger charge is -2.17. The Morgan fingerprint density at radius 1 is 0.933 bits per heavy atom. The van der Waals surface area contributed by atoms with E-state index in [2.05, 4.69) is 39.4 Å². The van der Waals surface area contributed by atoms with Crippen molar-refractivity contribution in [2.24, 2.45) is 4.99 Å². The number of benzene rings is 2. The number of halogens is 1.